The van der Waals surface area contributed by atoms with Gasteiger partial charge >= 0.3 is 5.97 Å². The van der Waals surface area contributed by atoms with Gasteiger partial charge in [-0.15, -0.1) is 0 Å². The molecule has 28 heavy (non-hydrogen) atoms. The maximum Gasteiger partial charge on any atom is 0.305 e. The van der Waals surface area contributed by atoms with Crippen molar-refractivity contribution in [2.24, 2.45) is 11.5 Å². The molecule has 1 rings (SSSR count). The minimum absolute atomic E-state index is 0.0116. The van der Waals surface area contributed by atoms with Gasteiger partial charge in [-0.3, -0.25) is 19.2 Å². The number of carboxylic acids is 1. The molecule has 0 radical (unpaired) electrons. The van der Waals surface area contributed by atoms with Crippen molar-refractivity contribution in [2.75, 3.05) is 0 Å². The molecule has 0 saturated heterocycles. The van der Waals surface area contributed by atoms with E-state index in [9.17, 15) is 29.4 Å². The summed E-state index contributed by atoms with van der Waals surface area (Å²) in [6.07, 6.45) is -2.00. The van der Waals surface area contributed by atoms with Gasteiger partial charge in [-0.2, -0.15) is 0 Å². The maximum absolute atomic E-state index is 12.4. The lowest BCUT2D eigenvalue weighted by atomic mass is 10.0. The monoisotopic (exact) mass is 396 g/mol. The van der Waals surface area contributed by atoms with E-state index < -0.39 is 54.3 Å². The van der Waals surface area contributed by atoms with E-state index in [1.165, 1.54) is 31.2 Å². The van der Waals surface area contributed by atoms with Crippen molar-refractivity contribution in [1.29, 1.82) is 0 Å². The van der Waals surface area contributed by atoms with Crippen molar-refractivity contribution in [1.82, 2.24) is 10.6 Å². The zero-order valence-electron chi connectivity index (χ0n) is 15.2. The molecule has 3 amide bonds. The molecule has 0 aliphatic rings. The lowest BCUT2D eigenvalue weighted by Gasteiger charge is -2.23. The molecule has 0 unspecified atom stereocenters. The van der Waals surface area contributed by atoms with Crippen LogP contribution >= 0.6 is 0 Å². The highest BCUT2D eigenvalue weighted by Crippen LogP contribution is 2.11. The fourth-order valence-electron chi connectivity index (χ4n) is 2.23. The second-order valence-electron chi connectivity index (χ2n) is 6.26. The third kappa shape index (κ3) is 7.21. The first-order valence-electron chi connectivity index (χ1n) is 8.34. The van der Waals surface area contributed by atoms with E-state index >= 15 is 0 Å². The zero-order valence-corrected chi connectivity index (χ0v) is 15.2. The van der Waals surface area contributed by atoms with E-state index in [2.05, 4.69) is 10.6 Å². The van der Waals surface area contributed by atoms with Crippen LogP contribution in [0.15, 0.2) is 24.3 Å². The van der Waals surface area contributed by atoms with E-state index in [-0.39, 0.29) is 12.2 Å². The minimum Gasteiger partial charge on any atom is -0.508 e. The summed E-state index contributed by atoms with van der Waals surface area (Å²) in [6, 6.07) is 1.74. The number of rotatable bonds is 10. The summed E-state index contributed by atoms with van der Waals surface area (Å²) >= 11 is 0. The van der Waals surface area contributed by atoms with Crippen LogP contribution in [-0.4, -0.2) is 63.2 Å². The van der Waals surface area contributed by atoms with Gasteiger partial charge in [-0.1, -0.05) is 12.1 Å². The van der Waals surface area contributed by atoms with E-state index in [0.717, 1.165) is 0 Å². The number of amides is 3. The van der Waals surface area contributed by atoms with Gasteiger partial charge in [0.1, 0.15) is 23.9 Å². The minimum atomic E-state index is -1.53. The van der Waals surface area contributed by atoms with E-state index in [4.69, 9.17) is 16.6 Å². The first-order valence-corrected chi connectivity index (χ1v) is 8.34. The van der Waals surface area contributed by atoms with E-state index in [1.54, 1.807) is 0 Å². The number of aliphatic carboxylic acids is 1. The number of phenolic OH excluding ortho intramolecular Hbond substituents is 1. The fourth-order valence-corrected chi connectivity index (χ4v) is 2.23. The molecular formula is C17H24N4O7. The van der Waals surface area contributed by atoms with Crippen molar-refractivity contribution in [3.63, 3.8) is 0 Å². The molecule has 1 aromatic carbocycles. The summed E-state index contributed by atoms with van der Waals surface area (Å²) in [5.41, 5.74) is 11.3. The fraction of sp³-hybridized carbons (Fsp3) is 0.412. The molecule has 1 aromatic rings. The van der Waals surface area contributed by atoms with Gasteiger partial charge in [-0.05, 0) is 24.6 Å². The Kier molecular flexibility index (Phi) is 8.35. The molecule has 0 saturated carbocycles. The molecule has 11 nitrogen and oxygen atoms in total. The van der Waals surface area contributed by atoms with Gasteiger partial charge in [0.15, 0.2) is 0 Å². The van der Waals surface area contributed by atoms with Crippen LogP contribution < -0.4 is 22.1 Å². The number of aliphatic hydroxyl groups is 1. The first-order chi connectivity index (χ1) is 13.0. The van der Waals surface area contributed by atoms with Crippen molar-refractivity contribution in [3.05, 3.63) is 29.8 Å². The Balaban J connectivity index is 2.89. The highest BCUT2D eigenvalue weighted by molar-refractivity contribution is 5.94. The van der Waals surface area contributed by atoms with E-state index in [1.807, 2.05) is 0 Å². The third-order valence-corrected chi connectivity index (χ3v) is 3.87. The largest absolute Gasteiger partial charge is 0.508 e. The van der Waals surface area contributed by atoms with Crippen LogP contribution in [0, 0.1) is 0 Å². The highest BCUT2D eigenvalue weighted by Gasteiger charge is 2.30. The van der Waals surface area contributed by atoms with Crippen LogP contribution in [0.4, 0.5) is 0 Å². The Bertz CT molecular complexity index is 721. The lowest BCUT2D eigenvalue weighted by molar-refractivity contribution is -0.141. The maximum atomic E-state index is 12.4. The quantitative estimate of drug-likeness (QED) is 0.226. The van der Waals surface area contributed by atoms with Crippen LogP contribution in [0.25, 0.3) is 0 Å². The molecule has 0 spiro atoms. The van der Waals surface area contributed by atoms with Gasteiger partial charge in [0.2, 0.25) is 17.7 Å². The highest BCUT2D eigenvalue weighted by atomic mass is 16.4. The molecule has 0 bridgehead atoms. The molecule has 0 aliphatic carbocycles. The van der Waals surface area contributed by atoms with E-state index in [0.29, 0.717) is 5.56 Å². The van der Waals surface area contributed by atoms with Gasteiger partial charge in [0.25, 0.3) is 0 Å². The Labute approximate surface area is 160 Å². The summed E-state index contributed by atoms with van der Waals surface area (Å²) in [4.78, 5) is 47.1. The number of carbonyl (C=O) groups excluding carboxylic acids is 3. The number of phenols is 1. The number of aliphatic hydroxyl groups excluding tert-OH is 1. The van der Waals surface area contributed by atoms with Crippen LogP contribution in [0.3, 0.4) is 0 Å². The third-order valence-electron chi connectivity index (χ3n) is 3.87. The Morgan fingerprint density at radius 1 is 1.04 bits per heavy atom. The molecule has 0 fully saturated rings. The summed E-state index contributed by atoms with van der Waals surface area (Å²) < 4.78 is 0. The number of aromatic hydroxyl groups is 1. The van der Waals surface area contributed by atoms with Gasteiger partial charge in [0, 0.05) is 6.42 Å². The number of hydrogen-bond acceptors (Lipinski definition) is 7. The predicted octanol–water partition coefficient (Wildman–Crippen LogP) is -2.43. The summed E-state index contributed by atoms with van der Waals surface area (Å²) in [7, 11) is 0. The number of carboxylic acid groups (broad SMARTS) is 1. The van der Waals surface area contributed by atoms with Crippen LogP contribution in [0.5, 0.6) is 5.75 Å². The smallest absolute Gasteiger partial charge is 0.305 e. The summed E-state index contributed by atoms with van der Waals surface area (Å²) in [5.74, 6) is -4.11. The standard InChI is InChI=1S/C17H24N4O7/c1-8(22)14(18)17(28)21-12(7-13(24)25)16(27)20-11(15(19)26)6-9-2-4-10(23)5-3-9/h2-5,8,11-12,14,22-23H,6-7,18H2,1H3,(H2,19,26)(H,20,27)(H,21,28)(H,24,25)/t8-,11+,12+,14+/m1/s1. The van der Waals surface area contributed by atoms with Crippen LogP contribution in [-0.2, 0) is 25.6 Å². The van der Waals surface area contributed by atoms with Crippen molar-refractivity contribution >= 4 is 23.7 Å². The molecule has 0 heterocycles. The van der Waals surface area contributed by atoms with Crippen molar-refractivity contribution in [3.8, 4) is 5.75 Å². The Morgan fingerprint density at radius 3 is 2.04 bits per heavy atom. The summed E-state index contributed by atoms with van der Waals surface area (Å²) in [5, 5.41) is 32.0. The lowest BCUT2D eigenvalue weighted by Crippen LogP contribution is -2.57. The Morgan fingerprint density at radius 2 is 1.57 bits per heavy atom. The number of benzene rings is 1. The normalized spacial score (nSPS) is 15.0. The first kappa shape index (κ1) is 22.9. The molecule has 4 atom stereocenters. The predicted molar refractivity (Wildman–Crippen MR) is 96.8 cm³/mol. The molecule has 11 heteroatoms. The molecule has 154 valence electrons. The number of nitrogens with two attached hydrogens (primary N) is 2. The van der Waals surface area contributed by atoms with Gasteiger partial charge in [0.05, 0.1) is 12.5 Å². The molecule has 0 aliphatic heterocycles. The second-order valence-corrected chi connectivity index (χ2v) is 6.26. The number of nitrogens with one attached hydrogen (secondary N) is 2. The average molecular weight is 396 g/mol. The number of carbonyl (C=O) groups is 4. The zero-order chi connectivity index (χ0) is 21.4. The van der Waals surface area contributed by atoms with Crippen LogP contribution in [0.1, 0.15) is 18.9 Å². The topological polar surface area (TPSA) is 205 Å². The van der Waals surface area contributed by atoms with Gasteiger partial charge in [-0.25, -0.2) is 0 Å². The number of hydrogen-bond donors (Lipinski definition) is 7. The SMILES string of the molecule is C[C@@H](O)[C@H](N)C(=O)N[C@@H](CC(=O)O)C(=O)N[C@@H](Cc1ccc(O)cc1)C(N)=O. The second kappa shape index (κ2) is 10.2. The van der Waals surface area contributed by atoms with Gasteiger partial charge < -0.3 is 37.4 Å². The summed E-state index contributed by atoms with van der Waals surface area (Å²) in [6.45, 7) is 1.26. The average Bonchev–Trinajstić information content (AvgIpc) is 2.60. The Hall–Kier alpha value is -3.18. The number of primary amides is 1. The molecular weight excluding hydrogens is 372 g/mol. The van der Waals surface area contributed by atoms with Crippen molar-refractivity contribution in [2.45, 2.75) is 44.0 Å². The molecule has 0 aromatic heterocycles. The van der Waals surface area contributed by atoms with Crippen molar-refractivity contribution < 1.29 is 34.5 Å². The molecule has 9 N–H and O–H groups in total. The van der Waals surface area contributed by atoms with Crippen LogP contribution in [0.2, 0.25) is 0 Å².